The smallest absolute Gasteiger partial charge is 0.407 e. The van der Waals surface area contributed by atoms with Crippen molar-refractivity contribution in [3.63, 3.8) is 0 Å². The average molecular weight is 421 g/mol. The summed E-state index contributed by atoms with van der Waals surface area (Å²) >= 11 is 0. The molecule has 3 atom stereocenters. The Balaban J connectivity index is 1.71. The second kappa shape index (κ2) is 10.1. The molecule has 1 aliphatic heterocycles. The summed E-state index contributed by atoms with van der Waals surface area (Å²) in [6.45, 7) is 5.47. The van der Waals surface area contributed by atoms with Crippen LogP contribution in [0.2, 0.25) is 0 Å². The van der Waals surface area contributed by atoms with E-state index in [-0.39, 0.29) is 19.5 Å². The van der Waals surface area contributed by atoms with E-state index in [9.17, 15) is 24.3 Å². The Bertz CT molecular complexity index is 776. The minimum absolute atomic E-state index is 0.113. The van der Waals surface area contributed by atoms with Crippen LogP contribution in [0.3, 0.4) is 0 Å². The number of hydrogen-bond acceptors (Lipinski definition) is 6. The van der Waals surface area contributed by atoms with Gasteiger partial charge in [0.05, 0.1) is 0 Å². The van der Waals surface area contributed by atoms with Crippen molar-refractivity contribution in [2.75, 3.05) is 13.1 Å². The molecule has 2 unspecified atom stereocenters. The first-order valence-electron chi connectivity index (χ1n) is 9.54. The van der Waals surface area contributed by atoms with Crippen molar-refractivity contribution in [3.8, 4) is 0 Å². The fourth-order valence-corrected chi connectivity index (χ4v) is 2.58. The highest BCUT2D eigenvalue weighted by atomic mass is 16.6. The predicted molar refractivity (Wildman–Crippen MR) is 106 cm³/mol. The molecule has 0 bridgehead atoms. The van der Waals surface area contributed by atoms with Crippen molar-refractivity contribution >= 4 is 23.9 Å². The van der Waals surface area contributed by atoms with Gasteiger partial charge in [0.1, 0.15) is 11.6 Å². The number of amides is 3. The SMILES string of the molecule is CC(C)(C)OC(=O)NCCNC(=O)C1OC1C(=O)N[C@@H](Cc1ccccc1)C(=O)O. The molecule has 1 heterocycles. The van der Waals surface area contributed by atoms with E-state index in [1.807, 2.05) is 6.07 Å². The topological polar surface area (TPSA) is 146 Å². The summed E-state index contributed by atoms with van der Waals surface area (Å²) in [5.41, 5.74) is 0.137. The third kappa shape index (κ3) is 7.70. The molecule has 30 heavy (non-hydrogen) atoms. The van der Waals surface area contributed by atoms with Crippen LogP contribution >= 0.6 is 0 Å². The Morgan fingerprint density at radius 1 is 1.03 bits per heavy atom. The van der Waals surface area contributed by atoms with Crippen molar-refractivity contribution in [1.82, 2.24) is 16.0 Å². The first-order valence-corrected chi connectivity index (χ1v) is 9.54. The van der Waals surface area contributed by atoms with Crippen molar-refractivity contribution in [2.45, 2.75) is 51.0 Å². The summed E-state index contributed by atoms with van der Waals surface area (Å²) < 4.78 is 10.1. The Labute approximate surface area is 174 Å². The Kier molecular flexibility index (Phi) is 7.76. The lowest BCUT2D eigenvalue weighted by molar-refractivity contribution is -0.141. The number of aliphatic carboxylic acids is 1. The zero-order valence-electron chi connectivity index (χ0n) is 17.1. The molecule has 0 aromatic heterocycles. The number of ether oxygens (including phenoxy) is 2. The molecule has 10 nitrogen and oxygen atoms in total. The van der Waals surface area contributed by atoms with Crippen LogP contribution in [0.5, 0.6) is 0 Å². The monoisotopic (exact) mass is 421 g/mol. The Morgan fingerprint density at radius 2 is 1.63 bits per heavy atom. The van der Waals surface area contributed by atoms with Gasteiger partial charge in [0.15, 0.2) is 12.2 Å². The molecule has 4 N–H and O–H groups in total. The van der Waals surface area contributed by atoms with Crippen LogP contribution in [-0.4, -0.2) is 65.9 Å². The molecule has 1 aliphatic rings. The molecule has 0 radical (unpaired) electrons. The van der Waals surface area contributed by atoms with Gasteiger partial charge in [-0.2, -0.15) is 0 Å². The number of epoxide rings is 1. The van der Waals surface area contributed by atoms with Gasteiger partial charge in [0.25, 0.3) is 11.8 Å². The third-order valence-corrected chi connectivity index (χ3v) is 4.00. The summed E-state index contributed by atoms with van der Waals surface area (Å²) in [4.78, 5) is 47.2. The summed E-state index contributed by atoms with van der Waals surface area (Å²) in [6.07, 6.45) is -2.52. The lowest BCUT2D eigenvalue weighted by Crippen LogP contribution is -2.45. The van der Waals surface area contributed by atoms with Crippen LogP contribution in [0, 0.1) is 0 Å². The molecule has 1 saturated heterocycles. The highest BCUT2D eigenvalue weighted by Gasteiger charge is 2.50. The van der Waals surface area contributed by atoms with E-state index in [1.165, 1.54) is 0 Å². The van der Waals surface area contributed by atoms with Crippen LogP contribution in [0.1, 0.15) is 26.3 Å². The molecule has 0 spiro atoms. The normalized spacial score (nSPS) is 18.6. The maximum Gasteiger partial charge on any atom is 0.407 e. The summed E-state index contributed by atoms with van der Waals surface area (Å²) in [7, 11) is 0. The highest BCUT2D eigenvalue weighted by molar-refractivity contribution is 5.96. The van der Waals surface area contributed by atoms with E-state index >= 15 is 0 Å². The van der Waals surface area contributed by atoms with Gasteiger partial charge in [-0.3, -0.25) is 9.59 Å². The molecular formula is C20H27N3O7. The molecule has 1 aromatic rings. The van der Waals surface area contributed by atoms with Gasteiger partial charge in [0, 0.05) is 19.5 Å². The third-order valence-electron chi connectivity index (χ3n) is 4.00. The summed E-state index contributed by atoms with van der Waals surface area (Å²) in [5.74, 6) is -2.36. The molecule has 1 fully saturated rings. The van der Waals surface area contributed by atoms with E-state index in [1.54, 1.807) is 45.0 Å². The number of hydrogen-bond donors (Lipinski definition) is 4. The van der Waals surface area contributed by atoms with Gasteiger partial charge in [-0.05, 0) is 26.3 Å². The average Bonchev–Trinajstić information content (AvgIpc) is 3.45. The number of carboxylic acids is 1. The maximum absolute atomic E-state index is 12.2. The van der Waals surface area contributed by atoms with E-state index in [0.29, 0.717) is 0 Å². The number of carboxylic acid groups (broad SMARTS) is 1. The molecule has 3 amide bonds. The zero-order chi connectivity index (χ0) is 22.3. The lowest BCUT2D eigenvalue weighted by atomic mass is 10.1. The zero-order valence-corrected chi connectivity index (χ0v) is 17.1. The number of rotatable bonds is 9. The van der Waals surface area contributed by atoms with Gasteiger partial charge in [0.2, 0.25) is 0 Å². The van der Waals surface area contributed by atoms with Gasteiger partial charge in [-0.1, -0.05) is 30.3 Å². The van der Waals surface area contributed by atoms with Gasteiger partial charge in [-0.25, -0.2) is 9.59 Å². The number of benzene rings is 1. The van der Waals surface area contributed by atoms with Crippen LogP contribution in [0.4, 0.5) is 4.79 Å². The minimum atomic E-state index is -1.18. The quantitative estimate of drug-likeness (QED) is 0.329. The number of carbonyl (C=O) groups excluding carboxylic acids is 3. The minimum Gasteiger partial charge on any atom is -0.480 e. The van der Waals surface area contributed by atoms with E-state index < -0.39 is 47.7 Å². The number of carbonyl (C=O) groups is 4. The van der Waals surface area contributed by atoms with E-state index in [2.05, 4.69) is 16.0 Å². The molecule has 0 aliphatic carbocycles. The standard InChI is InChI=1S/C20H27N3O7/c1-20(2,3)30-19(28)22-10-9-21-16(24)14-15(29-14)17(25)23-13(18(26)27)11-12-7-5-4-6-8-12/h4-8,13-15H,9-11H2,1-3H3,(H,21,24)(H,22,28)(H,23,25)(H,26,27)/t13-,14?,15?/m0/s1. The van der Waals surface area contributed by atoms with E-state index in [0.717, 1.165) is 5.56 Å². The number of alkyl carbamates (subject to hydrolysis) is 1. The van der Waals surface area contributed by atoms with Crippen molar-refractivity contribution in [2.24, 2.45) is 0 Å². The van der Waals surface area contributed by atoms with Crippen LogP contribution in [-0.2, 0) is 30.3 Å². The molecular weight excluding hydrogens is 394 g/mol. The van der Waals surface area contributed by atoms with Crippen LogP contribution in [0.15, 0.2) is 30.3 Å². The Hall–Kier alpha value is -3.14. The number of nitrogens with one attached hydrogen (secondary N) is 3. The second-order valence-electron chi connectivity index (χ2n) is 7.79. The molecule has 2 rings (SSSR count). The summed E-state index contributed by atoms with van der Waals surface area (Å²) in [5, 5.41) is 16.8. The first kappa shape index (κ1) is 23.1. The van der Waals surface area contributed by atoms with Crippen LogP contribution in [0.25, 0.3) is 0 Å². The largest absolute Gasteiger partial charge is 0.480 e. The van der Waals surface area contributed by atoms with Crippen molar-refractivity contribution in [3.05, 3.63) is 35.9 Å². The fraction of sp³-hybridized carbons (Fsp3) is 0.500. The molecule has 10 heteroatoms. The van der Waals surface area contributed by atoms with Gasteiger partial charge in [-0.15, -0.1) is 0 Å². The first-order chi connectivity index (χ1) is 14.1. The second-order valence-corrected chi connectivity index (χ2v) is 7.79. The lowest BCUT2D eigenvalue weighted by Gasteiger charge is -2.19. The maximum atomic E-state index is 12.2. The van der Waals surface area contributed by atoms with Crippen molar-refractivity contribution < 1.29 is 33.8 Å². The van der Waals surface area contributed by atoms with Gasteiger partial charge >= 0.3 is 12.1 Å². The Morgan fingerprint density at radius 3 is 2.23 bits per heavy atom. The fourth-order valence-electron chi connectivity index (χ4n) is 2.58. The molecule has 0 saturated carbocycles. The predicted octanol–water partition coefficient (Wildman–Crippen LogP) is 0.207. The molecule has 1 aromatic carbocycles. The molecule has 164 valence electrons. The highest BCUT2D eigenvalue weighted by Crippen LogP contribution is 2.22. The van der Waals surface area contributed by atoms with E-state index in [4.69, 9.17) is 9.47 Å². The van der Waals surface area contributed by atoms with Gasteiger partial charge < -0.3 is 30.5 Å². The summed E-state index contributed by atoms with van der Waals surface area (Å²) in [6, 6.07) is 7.75. The van der Waals surface area contributed by atoms with Crippen LogP contribution < -0.4 is 16.0 Å². The van der Waals surface area contributed by atoms with Crippen molar-refractivity contribution in [1.29, 1.82) is 0 Å².